The SMILES string of the molecule is COC(=O)CC1CCCCN1C(=O)c1ccc(N)c(Cl)c1. The lowest BCUT2D eigenvalue weighted by atomic mass is 9.98. The lowest BCUT2D eigenvalue weighted by Crippen LogP contribution is -2.44. The van der Waals surface area contributed by atoms with E-state index in [1.807, 2.05) is 0 Å². The van der Waals surface area contributed by atoms with Crippen LogP contribution in [0.4, 0.5) is 5.69 Å². The van der Waals surface area contributed by atoms with E-state index < -0.39 is 0 Å². The normalized spacial score (nSPS) is 18.4. The molecule has 5 nitrogen and oxygen atoms in total. The van der Waals surface area contributed by atoms with Gasteiger partial charge >= 0.3 is 5.97 Å². The standard InChI is InChI=1S/C15H19ClN2O3/c1-21-14(19)9-11-4-2-3-7-18(11)15(20)10-5-6-13(17)12(16)8-10/h5-6,8,11H,2-4,7,9,17H2,1H3. The number of hydrogen-bond donors (Lipinski definition) is 1. The number of esters is 1. The minimum Gasteiger partial charge on any atom is -0.469 e. The average molecular weight is 311 g/mol. The number of ether oxygens (including phenoxy) is 1. The summed E-state index contributed by atoms with van der Waals surface area (Å²) in [6.45, 7) is 0.641. The van der Waals surface area contributed by atoms with E-state index in [1.54, 1.807) is 23.1 Å². The molecule has 1 fully saturated rings. The molecule has 1 aromatic rings. The second-order valence-electron chi connectivity index (χ2n) is 5.16. The summed E-state index contributed by atoms with van der Waals surface area (Å²) in [6.07, 6.45) is 2.98. The highest BCUT2D eigenvalue weighted by Crippen LogP contribution is 2.25. The van der Waals surface area contributed by atoms with Gasteiger partial charge in [0.25, 0.3) is 5.91 Å². The highest BCUT2D eigenvalue weighted by Gasteiger charge is 2.29. The van der Waals surface area contributed by atoms with Gasteiger partial charge in [0.1, 0.15) is 0 Å². The third kappa shape index (κ3) is 3.67. The topological polar surface area (TPSA) is 72.6 Å². The number of amides is 1. The van der Waals surface area contributed by atoms with Crippen LogP contribution in [0.25, 0.3) is 0 Å². The van der Waals surface area contributed by atoms with Gasteiger partial charge in [-0.15, -0.1) is 0 Å². The van der Waals surface area contributed by atoms with E-state index in [0.29, 0.717) is 22.8 Å². The van der Waals surface area contributed by atoms with E-state index in [2.05, 4.69) is 0 Å². The molecule has 0 radical (unpaired) electrons. The number of halogens is 1. The first kappa shape index (κ1) is 15.6. The molecule has 1 aliphatic rings. The van der Waals surface area contributed by atoms with Crippen molar-refractivity contribution in [3.8, 4) is 0 Å². The number of anilines is 1. The van der Waals surface area contributed by atoms with Crippen LogP contribution in [0.3, 0.4) is 0 Å². The monoisotopic (exact) mass is 310 g/mol. The summed E-state index contributed by atoms with van der Waals surface area (Å²) in [4.78, 5) is 25.8. The third-order valence-electron chi connectivity index (χ3n) is 3.77. The molecule has 1 unspecified atom stereocenters. The van der Waals surface area contributed by atoms with E-state index >= 15 is 0 Å². The molecule has 21 heavy (non-hydrogen) atoms. The molecule has 1 amide bonds. The van der Waals surface area contributed by atoms with E-state index in [9.17, 15) is 9.59 Å². The minimum atomic E-state index is -0.296. The van der Waals surface area contributed by atoms with Gasteiger partial charge in [-0.25, -0.2) is 0 Å². The molecule has 1 aromatic carbocycles. The number of methoxy groups -OCH3 is 1. The number of hydrogen-bond acceptors (Lipinski definition) is 4. The van der Waals surface area contributed by atoms with Crippen molar-refractivity contribution in [1.82, 2.24) is 4.90 Å². The van der Waals surface area contributed by atoms with E-state index in [0.717, 1.165) is 19.3 Å². The summed E-state index contributed by atoms with van der Waals surface area (Å²) in [6, 6.07) is 4.74. The number of rotatable bonds is 3. The fourth-order valence-corrected chi connectivity index (χ4v) is 2.76. The molecule has 1 atom stereocenters. The Balaban J connectivity index is 2.17. The third-order valence-corrected chi connectivity index (χ3v) is 4.09. The van der Waals surface area contributed by atoms with Gasteiger partial charge in [0.15, 0.2) is 0 Å². The molecule has 6 heteroatoms. The van der Waals surface area contributed by atoms with E-state index in [1.165, 1.54) is 7.11 Å². The van der Waals surface area contributed by atoms with Crippen LogP contribution >= 0.6 is 11.6 Å². The summed E-state index contributed by atoms with van der Waals surface area (Å²) in [5, 5.41) is 0.363. The minimum absolute atomic E-state index is 0.116. The predicted octanol–water partition coefficient (Wildman–Crippen LogP) is 2.48. The van der Waals surface area contributed by atoms with Gasteiger partial charge in [0.05, 0.1) is 24.2 Å². The summed E-state index contributed by atoms with van der Waals surface area (Å²) >= 11 is 5.97. The fourth-order valence-electron chi connectivity index (χ4n) is 2.58. The highest BCUT2D eigenvalue weighted by atomic mass is 35.5. The molecule has 0 saturated carbocycles. The number of carbonyl (C=O) groups is 2. The highest BCUT2D eigenvalue weighted by molar-refractivity contribution is 6.33. The first-order valence-corrected chi connectivity index (χ1v) is 7.33. The van der Waals surface area contributed by atoms with E-state index in [-0.39, 0.29) is 24.3 Å². The van der Waals surface area contributed by atoms with Crippen LogP contribution in [0.5, 0.6) is 0 Å². The molecule has 0 aliphatic carbocycles. The molecule has 2 N–H and O–H groups in total. The molecular weight excluding hydrogens is 292 g/mol. The van der Waals surface area contributed by atoms with Crippen molar-refractivity contribution in [2.45, 2.75) is 31.7 Å². The maximum atomic E-state index is 12.6. The largest absolute Gasteiger partial charge is 0.469 e. The maximum absolute atomic E-state index is 12.6. The van der Waals surface area contributed by atoms with Crippen molar-refractivity contribution < 1.29 is 14.3 Å². The summed E-state index contributed by atoms with van der Waals surface area (Å²) in [5.74, 6) is -0.416. The number of nitrogens with two attached hydrogens (primary N) is 1. The van der Waals surface area contributed by atoms with Crippen molar-refractivity contribution in [2.24, 2.45) is 0 Å². The Morgan fingerprint density at radius 2 is 2.19 bits per heavy atom. The molecule has 114 valence electrons. The van der Waals surface area contributed by atoms with Crippen molar-refractivity contribution in [1.29, 1.82) is 0 Å². The second-order valence-corrected chi connectivity index (χ2v) is 5.57. The van der Waals surface area contributed by atoms with Crippen LogP contribution in [0.15, 0.2) is 18.2 Å². The lowest BCUT2D eigenvalue weighted by Gasteiger charge is -2.35. The molecular formula is C15H19ClN2O3. The van der Waals surface area contributed by atoms with Gasteiger partial charge in [0.2, 0.25) is 0 Å². The van der Waals surface area contributed by atoms with Crippen LogP contribution < -0.4 is 5.73 Å². The number of nitrogen functional groups attached to an aromatic ring is 1. The molecule has 2 rings (SSSR count). The quantitative estimate of drug-likeness (QED) is 0.687. The Labute approximate surface area is 129 Å². The first-order valence-electron chi connectivity index (χ1n) is 6.95. The van der Waals surface area contributed by atoms with Gasteiger partial charge in [-0.3, -0.25) is 9.59 Å². The Bertz CT molecular complexity index is 548. The Kier molecular flexibility index (Phi) is 5.07. The molecule has 1 aliphatic heterocycles. The summed E-state index contributed by atoms with van der Waals surface area (Å²) in [7, 11) is 1.36. The molecule has 1 heterocycles. The molecule has 0 bridgehead atoms. The second kappa shape index (κ2) is 6.80. The summed E-state index contributed by atoms with van der Waals surface area (Å²) in [5.41, 5.74) is 6.59. The number of carbonyl (C=O) groups excluding carboxylic acids is 2. The molecule has 0 aromatic heterocycles. The Morgan fingerprint density at radius 3 is 2.86 bits per heavy atom. The van der Waals surface area contributed by atoms with Crippen LogP contribution in [0, 0.1) is 0 Å². The first-order chi connectivity index (χ1) is 10.0. The molecule has 0 spiro atoms. The molecule has 1 saturated heterocycles. The lowest BCUT2D eigenvalue weighted by molar-refractivity contribution is -0.142. The van der Waals surface area contributed by atoms with Crippen molar-refractivity contribution in [3.05, 3.63) is 28.8 Å². The zero-order valence-corrected chi connectivity index (χ0v) is 12.7. The van der Waals surface area contributed by atoms with Gasteiger partial charge in [-0.1, -0.05) is 11.6 Å². The zero-order valence-electron chi connectivity index (χ0n) is 12.0. The van der Waals surface area contributed by atoms with Crippen LogP contribution in [0.1, 0.15) is 36.0 Å². The Hall–Kier alpha value is -1.75. The number of likely N-dealkylation sites (tertiary alicyclic amines) is 1. The number of piperidine rings is 1. The number of benzene rings is 1. The van der Waals surface area contributed by atoms with Gasteiger partial charge in [-0.05, 0) is 37.5 Å². The summed E-state index contributed by atoms with van der Waals surface area (Å²) < 4.78 is 4.71. The van der Waals surface area contributed by atoms with Crippen molar-refractivity contribution in [2.75, 3.05) is 19.4 Å². The van der Waals surface area contributed by atoms with Gasteiger partial charge in [-0.2, -0.15) is 0 Å². The Morgan fingerprint density at radius 1 is 1.43 bits per heavy atom. The smallest absolute Gasteiger partial charge is 0.307 e. The number of nitrogens with zero attached hydrogens (tertiary/aromatic N) is 1. The van der Waals surface area contributed by atoms with Crippen LogP contribution in [0.2, 0.25) is 5.02 Å². The van der Waals surface area contributed by atoms with Crippen molar-refractivity contribution >= 4 is 29.2 Å². The van der Waals surface area contributed by atoms with E-state index in [4.69, 9.17) is 22.1 Å². The average Bonchev–Trinajstić information content (AvgIpc) is 2.49. The van der Waals surface area contributed by atoms with Crippen LogP contribution in [-0.2, 0) is 9.53 Å². The van der Waals surface area contributed by atoms with Crippen LogP contribution in [-0.4, -0.2) is 36.5 Å². The van der Waals surface area contributed by atoms with Gasteiger partial charge in [0, 0.05) is 18.2 Å². The van der Waals surface area contributed by atoms with Gasteiger partial charge < -0.3 is 15.4 Å². The zero-order chi connectivity index (χ0) is 15.4. The van der Waals surface area contributed by atoms with Crippen molar-refractivity contribution in [3.63, 3.8) is 0 Å². The maximum Gasteiger partial charge on any atom is 0.307 e. The fraction of sp³-hybridized carbons (Fsp3) is 0.467. The predicted molar refractivity (Wildman–Crippen MR) is 81.2 cm³/mol.